The number of ether oxygens (including phenoxy) is 2. The number of hydrogen-bond donors (Lipinski definition) is 2. The van der Waals surface area contributed by atoms with Gasteiger partial charge in [-0.3, -0.25) is 14.5 Å². The summed E-state index contributed by atoms with van der Waals surface area (Å²) in [5.74, 6) is 0.156. The van der Waals surface area contributed by atoms with Crippen molar-refractivity contribution >= 4 is 11.8 Å². The van der Waals surface area contributed by atoms with Crippen molar-refractivity contribution in [3.05, 3.63) is 54.1 Å². The normalized spacial score (nSPS) is 29.2. The van der Waals surface area contributed by atoms with Crippen LogP contribution >= 0.6 is 0 Å². The van der Waals surface area contributed by atoms with Crippen molar-refractivity contribution < 1.29 is 24.2 Å². The second kappa shape index (κ2) is 11.0. The highest BCUT2D eigenvalue weighted by Crippen LogP contribution is 2.32. The number of aliphatic hydroxyl groups excluding tert-OH is 1. The molecule has 4 atom stereocenters. The molecule has 3 aliphatic heterocycles. The number of hydrogen-bond acceptors (Lipinski definition) is 6. The van der Waals surface area contributed by atoms with E-state index >= 15 is 0 Å². The number of benzene rings is 2. The van der Waals surface area contributed by atoms with Gasteiger partial charge in [0.25, 0.3) is 5.91 Å². The van der Waals surface area contributed by atoms with Gasteiger partial charge in [0, 0.05) is 38.6 Å². The van der Waals surface area contributed by atoms with Crippen molar-refractivity contribution in [2.24, 2.45) is 0 Å². The monoisotopic (exact) mass is 519 g/mol. The number of carbonyl (C=O) groups is 2. The van der Waals surface area contributed by atoms with Gasteiger partial charge in [0.15, 0.2) is 0 Å². The average Bonchev–Trinajstić information content (AvgIpc) is 2.91. The molecule has 1 saturated carbocycles. The molecule has 2 N–H and O–H groups in total. The zero-order valence-electron chi connectivity index (χ0n) is 21.8. The summed E-state index contributed by atoms with van der Waals surface area (Å²) >= 11 is 0. The third-order valence-corrected chi connectivity index (χ3v) is 8.64. The van der Waals surface area contributed by atoms with Crippen molar-refractivity contribution in [3.8, 4) is 16.9 Å². The molecule has 202 valence electrons. The van der Waals surface area contributed by atoms with Crippen LogP contribution in [0.15, 0.2) is 48.5 Å². The largest absolute Gasteiger partial charge is 0.493 e. The predicted octanol–water partition coefficient (Wildman–Crippen LogP) is 2.84. The zero-order valence-corrected chi connectivity index (χ0v) is 21.8. The van der Waals surface area contributed by atoms with Gasteiger partial charge in [-0.25, -0.2) is 0 Å². The van der Waals surface area contributed by atoms with E-state index in [0.29, 0.717) is 49.9 Å². The van der Waals surface area contributed by atoms with E-state index in [9.17, 15) is 14.7 Å². The molecule has 8 heteroatoms. The lowest BCUT2D eigenvalue weighted by molar-refractivity contribution is -0.136. The van der Waals surface area contributed by atoms with Crippen LogP contribution in [0.5, 0.6) is 5.75 Å². The molecule has 3 heterocycles. The van der Waals surface area contributed by atoms with Gasteiger partial charge >= 0.3 is 0 Å². The number of carbonyl (C=O) groups excluding carboxylic acids is 2. The third-order valence-electron chi connectivity index (χ3n) is 8.64. The highest BCUT2D eigenvalue weighted by atomic mass is 16.5. The molecule has 2 aromatic rings. The molecule has 8 nitrogen and oxygen atoms in total. The van der Waals surface area contributed by atoms with Crippen molar-refractivity contribution in [1.29, 1.82) is 0 Å². The molecule has 2 amide bonds. The van der Waals surface area contributed by atoms with E-state index in [4.69, 9.17) is 9.47 Å². The lowest BCUT2D eigenvalue weighted by Crippen LogP contribution is -2.63. The van der Waals surface area contributed by atoms with Crippen LogP contribution in [0.1, 0.15) is 48.9 Å². The Morgan fingerprint density at radius 3 is 2.55 bits per heavy atom. The smallest absolute Gasteiger partial charge is 0.258 e. The molecule has 1 aliphatic carbocycles. The Hall–Kier alpha value is -2.94. The molecule has 2 bridgehead atoms. The molecular formula is C30H37N3O5. The molecule has 0 aromatic heterocycles. The summed E-state index contributed by atoms with van der Waals surface area (Å²) in [6.45, 7) is 2.38. The SMILES string of the molecule is O=C1NC[C@H]2O[C@H](CCOc3cc(-c4ccccc4)ccc3C(=O)N3CCN(C4CCC4)C[C@@H]13)CC[C@@H]2O. The summed E-state index contributed by atoms with van der Waals surface area (Å²) in [5.41, 5.74) is 2.50. The van der Waals surface area contributed by atoms with Crippen LogP contribution in [0.25, 0.3) is 11.1 Å². The number of rotatable bonds is 2. The van der Waals surface area contributed by atoms with Crippen molar-refractivity contribution in [2.45, 2.75) is 68.9 Å². The highest BCUT2D eigenvalue weighted by molar-refractivity contribution is 6.00. The topological polar surface area (TPSA) is 91.3 Å². The molecule has 0 radical (unpaired) electrons. The Bertz CT molecular complexity index is 1150. The molecule has 3 fully saturated rings. The van der Waals surface area contributed by atoms with E-state index in [2.05, 4.69) is 10.2 Å². The first-order valence-corrected chi connectivity index (χ1v) is 14.1. The molecule has 2 aromatic carbocycles. The lowest BCUT2D eigenvalue weighted by atomic mass is 9.90. The maximum atomic E-state index is 14.0. The first kappa shape index (κ1) is 25.3. The molecular weight excluding hydrogens is 482 g/mol. The second-order valence-electron chi connectivity index (χ2n) is 11.0. The van der Waals surface area contributed by atoms with E-state index in [1.54, 1.807) is 4.90 Å². The minimum atomic E-state index is -0.620. The summed E-state index contributed by atoms with van der Waals surface area (Å²) in [6.07, 6.45) is 4.35. The van der Waals surface area contributed by atoms with Crippen LogP contribution in [-0.4, -0.2) is 89.9 Å². The highest BCUT2D eigenvalue weighted by Gasteiger charge is 2.40. The summed E-state index contributed by atoms with van der Waals surface area (Å²) < 4.78 is 12.5. The van der Waals surface area contributed by atoms with Gasteiger partial charge in [-0.1, -0.05) is 42.8 Å². The van der Waals surface area contributed by atoms with E-state index < -0.39 is 18.2 Å². The number of nitrogens with zero attached hydrogens (tertiary/aromatic N) is 2. The van der Waals surface area contributed by atoms with E-state index in [0.717, 1.165) is 36.9 Å². The molecule has 6 rings (SSSR count). The zero-order chi connectivity index (χ0) is 26.1. The first-order valence-electron chi connectivity index (χ1n) is 14.1. The van der Waals surface area contributed by atoms with Gasteiger partial charge < -0.3 is 24.8 Å². The maximum Gasteiger partial charge on any atom is 0.258 e. The number of piperazine rings is 1. The van der Waals surface area contributed by atoms with E-state index in [1.165, 1.54) is 6.42 Å². The van der Waals surface area contributed by atoms with Crippen LogP contribution in [0.2, 0.25) is 0 Å². The third kappa shape index (κ3) is 5.17. The van der Waals surface area contributed by atoms with Gasteiger partial charge in [-0.05, 0) is 48.9 Å². The van der Waals surface area contributed by atoms with Gasteiger partial charge in [0.1, 0.15) is 17.9 Å². The maximum absolute atomic E-state index is 14.0. The van der Waals surface area contributed by atoms with E-state index in [-0.39, 0.29) is 24.5 Å². The number of nitrogens with one attached hydrogen (secondary N) is 1. The van der Waals surface area contributed by atoms with Crippen LogP contribution in [-0.2, 0) is 9.53 Å². The van der Waals surface area contributed by atoms with Crippen molar-refractivity contribution in [1.82, 2.24) is 15.1 Å². The Morgan fingerprint density at radius 2 is 1.76 bits per heavy atom. The predicted molar refractivity (Wildman–Crippen MR) is 143 cm³/mol. The molecule has 2 saturated heterocycles. The minimum Gasteiger partial charge on any atom is -0.493 e. The number of amides is 2. The Balaban J connectivity index is 1.34. The summed E-state index contributed by atoms with van der Waals surface area (Å²) in [6, 6.07) is 15.6. The van der Waals surface area contributed by atoms with Gasteiger partial charge in [0.05, 0.1) is 24.4 Å². The van der Waals surface area contributed by atoms with Crippen molar-refractivity contribution in [2.75, 3.05) is 32.8 Å². The van der Waals surface area contributed by atoms with E-state index in [1.807, 2.05) is 48.5 Å². The second-order valence-corrected chi connectivity index (χ2v) is 11.0. The summed E-state index contributed by atoms with van der Waals surface area (Å²) in [7, 11) is 0. The first-order chi connectivity index (χ1) is 18.6. The molecule has 38 heavy (non-hydrogen) atoms. The summed E-state index contributed by atoms with van der Waals surface area (Å²) in [4.78, 5) is 31.7. The van der Waals surface area contributed by atoms with Crippen LogP contribution < -0.4 is 10.1 Å². The van der Waals surface area contributed by atoms with Crippen LogP contribution in [0.3, 0.4) is 0 Å². The summed E-state index contributed by atoms with van der Waals surface area (Å²) in [5, 5.41) is 13.5. The number of aliphatic hydroxyl groups is 1. The van der Waals surface area contributed by atoms with Gasteiger partial charge in [-0.15, -0.1) is 0 Å². The van der Waals surface area contributed by atoms with Crippen molar-refractivity contribution in [3.63, 3.8) is 0 Å². The fourth-order valence-electron chi connectivity index (χ4n) is 6.10. The standard InChI is InChI=1S/C30H37N3O5/c34-26-12-10-23-13-16-37-27-17-21(20-5-2-1-3-6-20)9-11-24(27)30(36)33-15-14-32(22-7-4-8-22)19-25(33)29(35)31-18-28(26)38-23/h1-3,5-6,9,11,17,22-23,25-26,28,34H,4,7-8,10,12-16,18-19H2,(H,31,35)/t23-,25-,26-,28+/m0/s1. The Kier molecular flexibility index (Phi) is 7.37. The molecule has 4 aliphatic rings. The van der Waals surface area contributed by atoms with Gasteiger partial charge in [-0.2, -0.15) is 0 Å². The van der Waals surface area contributed by atoms with Crippen LogP contribution in [0.4, 0.5) is 0 Å². The Morgan fingerprint density at radius 1 is 0.921 bits per heavy atom. The fourth-order valence-corrected chi connectivity index (χ4v) is 6.10. The molecule has 0 spiro atoms. The van der Waals surface area contributed by atoms with Crippen LogP contribution in [0, 0.1) is 0 Å². The Labute approximate surface area is 223 Å². The quantitative estimate of drug-likeness (QED) is 0.634. The van der Waals surface area contributed by atoms with Gasteiger partial charge in [0.2, 0.25) is 5.91 Å². The fraction of sp³-hybridized carbons (Fsp3) is 0.533. The average molecular weight is 520 g/mol. The lowest BCUT2D eigenvalue weighted by Gasteiger charge is -2.46. The minimum absolute atomic E-state index is 0.0695. The number of fused-ring (bicyclic) bond motifs is 4. The molecule has 0 unspecified atom stereocenters.